The Balaban J connectivity index is 2.90. The Kier molecular flexibility index (Phi) is 3.24. The molecule has 0 heterocycles. The number of rotatable bonds is 1. The Bertz CT molecular complexity index is 280. The van der Waals surface area contributed by atoms with Crippen LogP contribution in [0.1, 0.15) is 10.4 Å². The Morgan fingerprint density at radius 1 is 1.15 bits per heavy atom. The molecule has 72 valence electrons. The molecule has 0 amide bonds. The van der Waals surface area contributed by atoms with Crippen LogP contribution in [0.2, 0.25) is 5.02 Å². The zero-order chi connectivity index (χ0) is 10.1. The molecule has 0 aliphatic rings. The second-order valence-corrected chi connectivity index (χ2v) is 3.81. The monoisotopic (exact) mass is 272 g/mol. The maximum atomic E-state index is 12.2. The van der Waals surface area contributed by atoms with Crippen LogP contribution in [0.25, 0.3) is 0 Å². The van der Waals surface area contributed by atoms with Gasteiger partial charge in [0.1, 0.15) is 4.83 Å². The first-order valence-corrected chi connectivity index (χ1v) is 4.67. The van der Waals surface area contributed by atoms with Crippen LogP contribution in [0.4, 0.5) is 13.2 Å². The first-order chi connectivity index (χ1) is 5.91. The Labute approximate surface area is 86.8 Å². The van der Waals surface area contributed by atoms with Crippen LogP contribution in [0.15, 0.2) is 24.3 Å². The molecule has 1 rings (SSSR count). The van der Waals surface area contributed by atoms with Gasteiger partial charge in [0.2, 0.25) is 0 Å². The Morgan fingerprint density at radius 3 is 2.00 bits per heavy atom. The third kappa shape index (κ3) is 2.88. The van der Waals surface area contributed by atoms with Gasteiger partial charge in [-0.1, -0.05) is 39.7 Å². The molecule has 0 aliphatic carbocycles. The van der Waals surface area contributed by atoms with Crippen molar-refractivity contribution in [3.05, 3.63) is 34.9 Å². The quantitative estimate of drug-likeness (QED) is 0.668. The standard InChI is InChI=1S/C8H5BrClF3/c9-7(8(11,12)13)5-1-3-6(10)4-2-5/h1-4,7H/t7-/m0/s1. The molecule has 0 bridgehead atoms. The minimum atomic E-state index is -4.27. The van der Waals surface area contributed by atoms with Crippen molar-refractivity contribution in [2.24, 2.45) is 0 Å². The smallest absolute Gasteiger partial charge is 0.169 e. The molecule has 13 heavy (non-hydrogen) atoms. The SMILES string of the molecule is FC(F)(F)[C@@H](Br)c1ccc(Cl)cc1. The van der Waals surface area contributed by atoms with Gasteiger partial charge in [0.15, 0.2) is 0 Å². The lowest BCUT2D eigenvalue weighted by Gasteiger charge is -2.13. The van der Waals surface area contributed by atoms with Crippen molar-refractivity contribution in [3.8, 4) is 0 Å². The van der Waals surface area contributed by atoms with Crippen molar-refractivity contribution in [2.45, 2.75) is 11.0 Å². The molecule has 0 saturated carbocycles. The predicted octanol–water partition coefficient (Wildman–Crippen LogP) is 4.34. The van der Waals surface area contributed by atoms with E-state index in [-0.39, 0.29) is 5.56 Å². The summed E-state index contributed by atoms with van der Waals surface area (Å²) in [5, 5.41) is 0.422. The highest BCUT2D eigenvalue weighted by molar-refractivity contribution is 9.09. The van der Waals surface area contributed by atoms with Crippen LogP contribution in [0, 0.1) is 0 Å². The Hall–Kier alpha value is -0.220. The van der Waals surface area contributed by atoms with Crippen LogP contribution < -0.4 is 0 Å². The molecule has 0 unspecified atom stereocenters. The molecule has 1 aromatic carbocycles. The number of hydrogen-bond acceptors (Lipinski definition) is 0. The van der Waals surface area contributed by atoms with Gasteiger partial charge >= 0.3 is 6.18 Å². The van der Waals surface area contributed by atoms with Crippen molar-refractivity contribution in [1.29, 1.82) is 0 Å². The zero-order valence-electron chi connectivity index (χ0n) is 6.28. The maximum absolute atomic E-state index is 12.2. The van der Waals surface area contributed by atoms with Crippen molar-refractivity contribution >= 4 is 27.5 Å². The minimum absolute atomic E-state index is 0.150. The molecule has 0 aliphatic heterocycles. The lowest BCUT2D eigenvalue weighted by molar-refractivity contribution is -0.128. The van der Waals surface area contributed by atoms with Gasteiger partial charge in [-0.2, -0.15) is 13.2 Å². The van der Waals surface area contributed by atoms with Gasteiger partial charge in [-0.15, -0.1) is 0 Å². The van der Waals surface area contributed by atoms with E-state index in [0.717, 1.165) is 0 Å². The molecule has 0 aromatic heterocycles. The van der Waals surface area contributed by atoms with Crippen LogP contribution in [-0.4, -0.2) is 6.18 Å². The van der Waals surface area contributed by atoms with Gasteiger partial charge < -0.3 is 0 Å². The molecule has 1 aromatic rings. The second kappa shape index (κ2) is 3.88. The summed E-state index contributed by atoms with van der Waals surface area (Å²) in [6.45, 7) is 0. The predicted molar refractivity (Wildman–Crippen MR) is 49.2 cm³/mol. The van der Waals surface area contributed by atoms with Crippen molar-refractivity contribution < 1.29 is 13.2 Å². The summed E-state index contributed by atoms with van der Waals surface area (Å²) in [4.78, 5) is -1.63. The fraction of sp³-hybridized carbons (Fsp3) is 0.250. The highest BCUT2D eigenvalue weighted by Gasteiger charge is 2.38. The van der Waals surface area contributed by atoms with E-state index in [1.807, 2.05) is 0 Å². The van der Waals surface area contributed by atoms with Crippen molar-refractivity contribution in [2.75, 3.05) is 0 Å². The summed E-state index contributed by atoms with van der Waals surface area (Å²) in [6, 6.07) is 5.54. The largest absolute Gasteiger partial charge is 0.405 e. The molecule has 0 radical (unpaired) electrons. The molecule has 1 atom stereocenters. The summed E-state index contributed by atoms with van der Waals surface area (Å²) in [7, 11) is 0. The van der Waals surface area contributed by atoms with Gasteiger partial charge in [0.05, 0.1) is 0 Å². The van der Waals surface area contributed by atoms with E-state index < -0.39 is 11.0 Å². The molecular formula is C8H5BrClF3. The molecule has 0 nitrogen and oxygen atoms in total. The summed E-state index contributed by atoms with van der Waals surface area (Å²) in [5.74, 6) is 0. The van der Waals surface area contributed by atoms with Gasteiger partial charge in [0.25, 0.3) is 0 Å². The lowest BCUT2D eigenvalue weighted by Crippen LogP contribution is -2.14. The van der Waals surface area contributed by atoms with Crippen LogP contribution in [0.3, 0.4) is 0 Å². The van der Waals surface area contributed by atoms with Gasteiger partial charge in [0, 0.05) is 5.02 Å². The first-order valence-electron chi connectivity index (χ1n) is 3.37. The van der Waals surface area contributed by atoms with Crippen LogP contribution >= 0.6 is 27.5 Å². The van der Waals surface area contributed by atoms with E-state index >= 15 is 0 Å². The fourth-order valence-corrected chi connectivity index (χ4v) is 1.25. The highest BCUT2D eigenvalue weighted by atomic mass is 79.9. The topological polar surface area (TPSA) is 0 Å². The van der Waals surface area contributed by atoms with Crippen LogP contribution in [-0.2, 0) is 0 Å². The van der Waals surface area contributed by atoms with E-state index in [9.17, 15) is 13.2 Å². The van der Waals surface area contributed by atoms with E-state index in [1.54, 1.807) is 0 Å². The number of benzene rings is 1. The van der Waals surface area contributed by atoms with E-state index in [2.05, 4.69) is 15.9 Å². The number of halogens is 5. The first kappa shape index (κ1) is 10.9. The average molecular weight is 273 g/mol. The lowest BCUT2D eigenvalue weighted by atomic mass is 10.1. The van der Waals surface area contributed by atoms with Gasteiger partial charge in [-0.05, 0) is 17.7 Å². The summed E-state index contributed by atoms with van der Waals surface area (Å²) < 4.78 is 36.5. The zero-order valence-corrected chi connectivity index (χ0v) is 8.62. The maximum Gasteiger partial charge on any atom is 0.405 e. The summed E-state index contributed by atoms with van der Waals surface area (Å²) in [6.07, 6.45) is -4.27. The minimum Gasteiger partial charge on any atom is -0.169 e. The van der Waals surface area contributed by atoms with Crippen molar-refractivity contribution in [3.63, 3.8) is 0 Å². The third-order valence-electron chi connectivity index (χ3n) is 1.45. The van der Waals surface area contributed by atoms with Gasteiger partial charge in [-0.25, -0.2) is 0 Å². The van der Waals surface area contributed by atoms with E-state index in [4.69, 9.17) is 11.6 Å². The molecule has 0 saturated heterocycles. The number of alkyl halides is 4. The summed E-state index contributed by atoms with van der Waals surface area (Å²) >= 11 is 8.10. The van der Waals surface area contributed by atoms with Crippen molar-refractivity contribution in [1.82, 2.24) is 0 Å². The van der Waals surface area contributed by atoms with Crippen LogP contribution in [0.5, 0.6) is 0 Å². The fourth-order valence-electron chi connectivity index (χ4n) is 0.821. The van der Waals surface area contributed by atoms with E-state index in [1.165, 1.54) is 24.3 Å². The second-order valence-electron chi connectivity index (χ2n) is 2.46. The third-order valence-corrected chi connectivity index (χ3v) is 2.75. The highest BCUT2D eigenvalue weighted by Crippen LogP contribution is 2.39. The van der Waals surface area contributed by atoms with Gasteiger partial charge in [-0.3, -0.25) is 0 Å². The van der Waals surface area contributed by atoms with E-state index in [0.29, 0.717) is 5.02 Å². The average Bonchev–Trinajstić information content (AvgIpc) is 2.03. The Morgan fingerprint density at radius 2 is 1.62 bits per heavy atom. The summed E-state index contributed by atoms with van der Waals surface area (Å²) in [5.41, 5.74) is 0.150. The number of hydrogen-bond donors (Lipinski definition) is 0. The normalized spacial score (nSPS) is 14.2. The molecule has 0 N–H and O–H groups in total. The molecule has 0 spiro atoms. The molecule has 0 fully saturated rings. The molecule has 5 heteroatoms. The molecular weight excluding hydrogens is 268 g/mol.